The Morgan fingerprint density at radius 1 is 0.770 bits per heavy atom. The molecule has 0 amide bonds. The van der Waals surface area contributed by atoms with Crippen molar-refractivity contribution in [1.29, 1.82) is 0 Å². The Morgan fingerprint density at radius 2 is 1.33 bits per heavy atom. The Labute approximate surface area is 399 Å². The number of halogens is 2. The zero-order valence-electron chi connectivity index (χ0n) is 40.8. The minimum atomic E-state index is -0.918. The van der Waals surface area contributed by atoms with Crippen molar-refractivity contribution < 1.29 is 23.0 Å². The molecule has 3 aromatic rings. The smallest absolute Gasteiger partial charge is 0.110 e. The van der Waals surface area contributed by atoms with E-state index in [1.165, 1.54) is 84.9 Å². The normalized spacial score (nSPS) is 21.8. The van der Waals surface area contributed by atoms with Crippen LogP contribution in [0.4, 0.5) is 5.69 Å². The molecule has 0 spiro atoms. The number of hydrogen-bond donors (Lipinski definition) is 1. The van der Waals surface area contributed by atoms with Gasteiger partial charge in [-0.3, -0.25) is 0 Å². The molecule has 6 heteroatoms. The maximum atomic E-state index is 11.1. The van der Waals surface area contributed by atoms with Gasteiger partial charge in [0.2, 0.25) is 0 Å². The van der Waals surface area contributed by atoms with Crippen LogP contribution in [0.1, 0.15) is 188 Å². The van der Waals surface area contributed by atoms with Crippen molar-refractivity contribution in [3.63, 3.8) is 0 Å². The second-order valence-corrected chi connectivity index (χ2v) is 21.8. The van der Waals surface area contributed by atoms with E-state index < -0.39 is 17.9 Å². The molecule has 4 aliphatic rings. The first-order valence-electron chi connectivity index (χ1n) is 23.8. The number of rotatable bonds is 6. The average Bonchev–Trinajstić information content (AvgIpc) is 3.66. The van der Waals surface area contributed by atoms with Crippen LogP contribution in [-0.2, 0) is 23.3 Å². The molecule has 4 aliphatic carbocycles. The fraction of sp³-hybridized carbons (Fsp3) is 0.582. The summed E-state index contributed by atoms with van der Waals surface area (Å²) < 4.78 is 7.66. The van der Waals surface area contributed by atoms with Crippen LogP contribution in [0, 0.1) is 31.6 Å². The SMILES string of the molecule is CC.CC.CC.CC(C)c1cccc(C(C)C)c1[N]=[W]=[CH]C(C)(C)c1ccccc1.C[C@@H]1C(C2=C(O)[C@@H](Br)CC3=C2CCCC3)[C@@H]2CCCCC2=C[C@@H]1Br.Cc1ccc(C)[n-]1. The number of aliphatic hydroxyl groups excluding tert-OH is 1. The number of aryl methyl sites for hydroxylation is 2. The summed E-state index contributed by atoms with van der Waals surface area (Å²) in [4.78, 5) is 4.68. The van der Waals surface area contributed by atoms with Gasteiger partial charge >= 0.3 is 156 Å². The summed E-state index contributed by atoms with van der Waals surface area (Å²) in [6.45, 7) is 32.0. The standard InChI is InChI=1S/C21H28Br2O.C12H17N.C10H12.C6H8N.3C2H6.W/c1-12-17(22)10-13-6-2-4-8-15(13)19(12)20-16-9-5-3-7-14(16)11-18(23)21(20)24;1-8(2)10-6-5-7-11(9(3)4)12(10)13;1-10(2,3)9-7-5-4-6-8-9;1-5-3-4-6(2)7-5;3*1-2;/h10,12,15,17-19,24H,2-9,11H2,1H3;5-9H,1-4H3;1,4-8H,2-3H3;3-4H,1-2H3;3*1-2H3;/q;;;-1;;;;/t12-,15+,17-,18-,19?;;;;;;;/m0......./s1. The second kappa shape index (κ2) is 28.1. The van der Waals surface area contributed by atoms with Gasteiger partial charge in [-0.2, -0.15) is 11.4 Å². The summed E-state index contributed by atoms with van der Waals surface area (Å²) >= 11 is 6.80. The van der Waals surface area contributed by atoms with Crippen LogP contribution in [-0.4, -0.2) is 19.2 Å². The molecule has 61 heavy (non-hydrogen) atoms. The van der Waals surface area contributed by atoms with Crippen molar-refractivity contribution in [2.24, 2.45) is 21.2 Å². The molecule has 0 saturated heterocycles. The third-order valence-electron chi connectivity index (χ3n) is 12.1. The molecular weight excluding hydrogens is 1050 g/mol. The Balaban J connectivity index is 0.000000328. The van der Waals surface area contributed by atoms with Crippen molar-refractivity contribution >= 4 is 41.9 Å². The third kappa shape index (κ3) is 15.6. The van der Waals surface area contributed by atoms with E-state index in [0.29, 0.717) is 40.2 Å². The summed E-state index contributed by atoms with van der Waals surface area (Å²) in [6.07, 6.45) is 13.8. The molecule has 0 radical (unpaired) electrons. The van der Waals surface area contributed by atoms with E-state index >= 15 is 0 Å². The molecule has 3 nitrogen and oxygen atoms in total. The van der Waals surface area contributed by atoms with Crippen LogP contribution in [0.15, 0.2) is 98.3 Å². The van der Waals surface area contributed by atoms with Crippen LogP contribution in [0.25, 0.3) is 0 Å². The number of hydrogen-bond acceptors (Lipinski definition) is 2. The van der Waals surface area contributed by atoms with Crippen LogP contribution in [0.3, 0.4) is 0 Å². The quantitative estimate of drug-likeness (QED) is 0.197. The Bertz CT molecular complexity index is 1870. The van der Waals surface area contributed by atoms with Gasteiger partial charge in [0.15, 0.2) is 0 Å². The molecule has 1 aromatic heterocycles. The van der Waals surface area contributed by atoms with E-state index in [1.807, 2.05) is 67.5 Å². The van der Waals surface area contributed by atoms with E-state index in [0.717, 1.165) is 17.8 Å². The Morgan fingerprint density at radius 3 is 1.87 bits per heavy atom. The van der Waals surface area contributed by atoms with Crippen molar-refractivity contribution in [2.45, 2.75) is 189 Å². The van der Waals surface area contributed by atoms with Crippen LogP contribution < -0.4 is 4.98 Å². The molecule has 2 aromatic carbocycles. The van der Waals surface area contributed by atoms with Gasteiger partial charge in [0.25, 0.3) is 0 Å². The van der Waals surface area contributed by atoms with Gasteiger partial charge in [-0.1, -0.05) is 130 Å². The van der Waals surface area contributed by atoms with E-state index in [2.05, 4.69) is 144 Å². The van der Waals surface area contributed by atoms with Crippen LogP contribution >= 0.6 is 31.9 Å². The van der Waals surface area contributed by atoms with Crippen molar-refractivity contribution in [3.05, 3.63) is 123 Å². The van der Waals surface area contributed by atoms with E-state index in [1.54, 1.807) is 11.1 Å². The Kier molecular flexibility index (Phi) is 25.4. The number of nitrogens with zero attached hydrogens (tertiary/aromatic N) is 2. The van der Waals surface area contributed by atoms with Crippen LogP contribution in [0.2, 0.25) is 0 Å². The number of aliphatic hydroxyl groups is 1. The molecule has 1 saturated carbocycles. The van der Waals surface area contributed by atoms with Gasteiger partial charge in [0.1, 0.15) is 5.76 Å². The van der Waals surface area contributed by atoms with Crippen molar-refractivity contribution in [3.8, 4) is 0 Å². The monoisotopic (exact) mass is 1130 g/mol. The predicted octanol–water partition coefficient (Wildman–Crippen LogP) is 17.9. The predicted molar refractivity (Wildman–Crippen MR) is 273 cm³/mol. The molecule has 1 unspecified atom stereocenters. The molecule has 5 atom stereocenters. The fourth-order valence-corrected chi connectivity index (χ4v) is 13.0. The number of fused-ring (bicyclic) bond motifs is 1. The first kappa shape index (κ1) is 55.2. The molecular formula is C55H83Br2N2OW-. The van der Waals surface area contributed by atoms with E-state index in [-0.39, 0.29) is 10.2 Å². The van der Waals surface area contributed by atoms with Crippen molar-refractivity contribution in [2.75, 3.05) is 0 Å². The van der Waals surface area contributed by atoms with Gasteiger partial charge in [0, 0.05) is 4.83 Å². The number of alkyl halides is 2. The second-order valence-electron chi connectivity index (χ2n) is 17.4. The zero-order chi connectivity index (χ0) is 45.9. The Hall–Kier alpha value is -1.94. The van der Waals surface area contributed by atoms with Gasteiger partial charge in [0.05, 0.1) is 4.83 Å². The largest absolute Gasteiger partial charge is 0.665 e. The van der Waals surface area contributed by atoms with Gasteiger partial charge in [-0.15, -0.1) is 0 Å². The third-order valence-corrected chi connectivity index (χ3v) is 17.5. The number of benzene rings is 2. The van der Waals surface area contributed by atoms with E-state index in [4.69, 9.17) is 3.50 Å². The molecule has 7 rings (SSSR count). The summed E-state index contributed by atoms with van der Waals surface area (Å²) in [7, 11) is 0. The first-order valence-corrected chi connectivity index (χ1v) is 28.6. The summed E-state index contributed by atoms with van der Waals surface area (Å²) in [5, 5.41) is 11.1. The summed E-state index contributed by atoms with van der Waals surface area (Å²) in [5.41, 5.74) is 13.9. The van der Waals surface area contributed by atoms with E-state index in [9.17, 15) is 5.11 Å². The van der Waals surface area contributed by atoms with Gasteiger partial charge < -0.3 is 10.1 Å². The minimum absolute atomic E-state index is 0.0974. The fourth-order valence-electron chi connectivity index (χ4n) is 8.95. The topological polar surface area (TPSA) is 46.7 Å². The number of aromatic nitrogens is 1. The molecule has 1 heterocycles. The summed E-state index contributed by atoms with van der Waals surface area (Å²) in [5.74, 6) is 3.36. The first-order chi connectivity index (χ1) is 29.2. The number of allylic oxidation sites excluding steroid dienone is 6. The molecule has 1 fully saturated rings. The molecule has 1 N–H and O–H groups in total. The van der Waals surface area contributed by atoms with Gasteiger partial charge in [-0.25, -0.2) is 0 Å². The van der Waals surface area contributed by atoms with Crippen molar-refractivity contribution in [1.82, 2.24) is 4.98 Å². The minimum Gasteiger partial charge on any atom is -0.665 e. The molecule has 340 valence electrons. The summed E-state index contributed by atoms with van der Waals surface area (Å²) in [6, 6.07) is 21.5. The zero-order valence-corrected chi connectivity index (χ0v) is 46.9. The maximum absolute atomic E-state index is 11.1. The van der Waals surface area contributed by atoms with Crippen LogP contribution in [0.5, 0.6) is 0 Å². The molecule has 0 aliphatic heterocycles. The average molecular weight is 1130 g/mol. The maximum Gasteiger partial charge on any atom is 0.110 e. The molecule has 0 bridgehead atoms. The van der Waals surface area contributed by atoms with Gasteiger partial charge in [-0.05, 0) is 80.3 Å².